The van der Waals surface area contributed by atoms with E-state index in [4.69, 9.17) is 14.6 Å². The second-order valence-electron chi connectivity index (χ2n) is 10.6. The van der Waals surface area contributed by atoms with Crippen LogP contribution in [0.4, 0.5) is 0 Å². The van der Waals surface area contributed by atoms with Gasteiger partial charge in [-0.3, -0.25) is 15.6 Å². The van der Waals surface area contributed by atoms with Crippen LogP contribution in [0.3, 0.4) is 0 Å². The van der Waals surface area contributed by atoms with Crippen molar-refractivity contribution >= 4 is 5.78 Å². The number of ketones is 1. The fourth-order valence-electron chi connectivity index (χ4n) is 5.49. The molecule has 0 bridgehead atoms. The first-order chi connectivity index (χ1) is 20.1. The van der Waals surface area contributed by atoms with Gasteiger partial charge in [0.2, 0.25) is 0 Å². The molecular weight excluding hydrogens is 512 g/mol. The van der Waals surface area contributed by atoms with Gasteiger partial charge in [-0.25, -0.2) is 0 Å². The highest BCUT2D eigenvalue weighted by atomic mass is 16.5. The van der Waals surface area contributed by atoms with E-state index in [2.05, 4.69) is 89.7 Å². The first-order valence-electron chi connectivity index (χ1n) is 15.1. The van der Waals surface area contributed by atoms with Crippen LogP contribution >= 0.6 is 0 Å². The van der Waals surface area contributed by atoms with Gasteiger partial charge in [0, 0.05) is 25.0 Å². The van der Waals surface area contributed by atoms with Crippen molar-refractivity contribution in [3.05, 3.63) is 95.6 Å². The number of hydrogen-bond acceptors (Lipinski definition) is 6. The molecule has 3 aromatic rings. The van der Waals surface area contributed by atoms with Crippen molar-refractivity contribution < 1.29 is 19.4 Å². The van der Waals surface area contributed by atoms with Gasteiger partial charge in [-0.2, -0.15) is 0 Å². The van der Waals surface area contributed by atoms with Crippen molar-refractivity contribution in [3.8, 4) is 11.5 Å². The Hall–Kier alpha value is -3.19. The van der Waals surface area contributed by atoms with Gasteiger partial charge in [-0.05, 0) is 66.6 Å². The highest BCUT2D eigenvalue weighted by Gasteiger charge is 2.35. The van der Waals surface area contributed by atoms with Crippen molar-refractivity contribution in [3.63, 3.8) is 0 Å². The first kappa shape index (κ1) is 32.3. The number of hydrazine groups is 1. The van der Waals surface area contributed by atoms with Crippen molar-refractivity contribution in [1.29, 1.82) is 0 Å². The lowest BCUT2D eigenvalue weighted by atomic mass is 9.66. The number of ether oxygens (including phenoxy) is 2. The van der Waals surface area contributed by atoms with E-state index in [-0.39, 0.29) is 17.8 Å². The summed E-state index contributed by atoms with van der Waals surface area (Å²) in [5.74, 6) is 1.94. The minimum atomic E-state index is -0.294. The Labute approximate surface area is 246 Å². The third-order valence-electron chi connectivity index (χ3n) is 7.81. The van der Waals surface area contributed by atoms with Crippen molar-refractivity contribution in [1.82, 2.24) is 10.9 Å². The highest BCUT2D eigenvalue weighted by molar-refractivity contribution is 5.80. The molecule has 6 heteroatoms. The van der Waals surface area contributed by atoms with Crippen LogP contribution in [0.5, 0.6) is 11.5 Å². The molecule has 0 aliphatic carbocycles. The zero-order chi connectivity index (χ0) is 29.2. The monoisotopic (exact) mass is 560 g/mol. The van der Waals surface area contributed by atoms with Crippen molar-refractivity contribution in [2.24, 2.45) is 0 Å². The summed E-state index contributed by atoms with van der Waals surface area (Å²) >= 11 is 0. The lowest BCUT2D eigenvalue weighted by Gasteiger charge is -2.36. The Morgan fingerprint density at radius 1 is 0.659 bits per heavy atom. The van der Waals surface area contributed by atoms with E-state index >= 15 is 0 Å². The standard InChI is InChI=1S/C35H48N2O4/c1-40-33-21-17-30(18-22-33)35(29-14-8-7-9-15-29,31-19-23-34(41-2)24-20-31)25-11-4-5-12-26-36-37-28-32(39)16-10-3-6-13-27-38/h7-9,14-15,17-24,36-38H,3-6,10-13,16,25-28H2,1-2H3. The number of benzene rings is 3. The fraction of sp³-hybridized carbons (Fsp3) is 0.457. The number of Topliss-reactive ketones (excluding diaryl/α,β-unsaturated/α-hetero) is 1. The minimum Gasteiger partial charge on any atom is -0.497 e. The second-order valence-corrected chi connectivity index (χ2v) is 10.6. The van der Waals surface area contributed by atoms with E-state index < -0.39 is 0 Å². The van der Waals surface area contributed by atoms with Crippen molar-refractivity contribution in [2.75, 3.05) is 33.9 Å². The zero-order valence-corrected chi connectivity index (χ0v) is 24.9. The molecule has 0 aliphatic rings. The Morgan fingerprint density at radius 2 is 1.20 bits per heavy atom. The molecule has 222 valence electrons. The quantitative estimate of drug-likeness (QED) is 0.0774. The number of aliphatic hydroxyl groups excluding tert-OH is 1. The molecule has 41 heavy (non-hydrogen) atoms. The van der Waals surface area contributed by atoms with Crippen LogP contribution in [0.15, 0.2) is 78.9 Å². The predicted molar refractivity (Wildman–Crippen MR) is 167 cm³/mol. The molecule has 3 rings (SSSR count). The van der Waals surface area contributed by atoms with Crippen molar-refractivity contribution in [2.45, 2.75) is 69.6 Å². The molecular formula is C35H48N2O4. The van der Waals surface area contributed by atoms with Gasteiger partial charge < -0.3 is 14.6 Å². The maximum Gasteiger partial charge on any atom is 0.148 e. The molecule has 0 spiro atoms. The summed E-state index contributed by atoms with van der Waals surface area (Å²) in [6, 6.07) is 27.8. The molecule has 0 fully saturated rings. The summed E-state index contributed by atoms with van der Waals surface area (Å²) in [6.45, 7) is 1.44. The fourth-order valence-corrected chi connectivity index (χ4v) is 5.49. The Balaban J connectivity index is 1.57. The number of aliphatic hydroxyl groups is 1. The summed E-state index contributed by atoms with van der Waals surface area (Å²) in [6.07, 6.45) is 9.66. The molecule has 0 amide bonds. The van der Waals surface area contributed by atoms with Crippen LogP contribution in [0.2, 0.25) is 0 Å². The predicted octanol–water partition coefficient (Wildman–Crippen LogP) is 6.59. The molecule has 0 atom stereocenters. The van der Waals surface area contributed by atoms with Crippen LogP contribution in [0.1, 0.15) is 80.9 Å². The minimum absolute atomic E-state index is 0.232. The van der Waals surface area contributed by atoms with E-state index in [1.165, 1.54) is 16.7 Å². The molecule has 0 saturated carbocycles. The highest BCUT2D eigenvalue weighted by Crippen LogP contribution is 2.44. The van der Waals surface area contributed by atoms with Gasteiger partial charge in [0.05, 0.1) is 20.8 Å². The Morgan fingerprint density at radius 3 is 1.78 bits per heavy atom. The molecule has 0 unspecified atom stereocenters. The zero-order valence-electron chi connectivity index (χ0n) is 24.9. The molecule has 6 nitrogen and oxygen atoms in total. The van der Waals surface area contributed by atoms with E-state index in [0.29, 0.717) is 13.0 Å². The third-order valence-corrected chi connectivity index (χ3v) is 7.81. The number of carbonyl (C=O) groups is 1. The average Bonchev–Trinajstić information content (AvgIpc) is 3.02. The van der Waals surface area contributed by atoms with E-state index in [0.717, 1.165) is 75.8 Å². The SMILES string of the molecule is COc1ccc(C(CCCCCCNNCC(=O)CCCCCCO)(c2ccccc2)c2ccc(OC)cc2)cc1. The van der Waals surface area contributed by atoms with Gasteiger partial charge in [0.25, 0.3) is 0 Å². The number of hydrogen-bond donors (Lipinski definition) is 3. The lowest BCUT2D eigenvalue weighted by Crippen LogP contribution is -2.36. The molecule has 0 aromatic heterocycles. The normalized spacial score (nSPS) is 11.4. The summed E-state index contributed by atoms with van der Waals surface area (Å²) in [5, 5.41) is 8.83. The topological polar surface area (TPSA) is 79.8 Å². The number of rotatable bonds is 21. The number of carbonyl (C=O) groups excluding carboxylic acids is 1. The third kappa shape index (κ3) is 9.99. The van der Waals surface area contributed by atoms with E-state index in [1.54, 1.807) is 14.2 Å². The van der Waals surface area contributed by atoms with E-state index in [1.807, 2.05) is 0 Å². The lowest BCUT2D eigenvalue weighted by molar-refractivity contribution is -0.118. The smallest absolute Gasteiger partial charge is 0.148 e. The van der Waals surface area contributed by atoms with Crippen LogP contribution in [-0.4, -0.2) is 44.8 Å². The maximum absolute atomic E-state index is 12.0. The van der Waals surface area contributed by atoms with Gasteiger partial charge >= 0.3 is 0 Å². The summed E-state index contributed by atoms with van der Waals surface area (Å²) in [5.41, 5.74) is 9.76. The summed E-state index contributed by atoms with van der Waals surface area (Å²) in [4.78, 5) is 12.0. The maximum atomic E-state index is 12.0. The van der Waals surface area contributed by atoms with Crippen LogP contribution in [0, 0.1) is 0 Å². The Kier molecular flexibility index (Phi) is 14.4. The van der Waals surface area contributed by atoms with Gasteiger partial charge in [0.1, 0.15) is 17.3 Å². The average molecular weight is 561 g/mol. The van der Waals surface area contributed by atoms with Gasteiger partial charge in [0.15, 0.2) is 0 Å². The number of unbranched alkanes of at least 4 members (excludes halogenated alkanes) is 6. The van der Waals surface area contributed by atoms with Crippen LogP contribution < -0.4 is 20.3 Å². The number of nitrogens with one attached hydrogen (secondary N) is 2. The number of methoxy groups -OCH3 is 2. The largest absolute Gasteiger partial charge is 0.497 e. The second kappa shape index (κ2) is 18.3. The summed E-state index contributed by atoms with van der Waals surface area (Å²) < 4.78 is 10.9. The molecule has 0 heterocycles. The van der Waals surface area contributed by atoms with Crippen LogP contribution in [-0.2, 0) is 10.2 Å². The van der Waals surface area contributed by atoms with Crippen LogP contribution in [0.25, 0.3) is 0 Å². The molecule has 3 aromatic carbocycles. The molecule has 0 saturated heterocycles. The molecule has 3 N–H and O–H groups in total. The van der Waals surface area contributed by atoms with Gasteiger partial charge in [-0.15, -0.1) is 0 Å². The molecule has 0 aliphatic heterocycles. The van der Waals surface area contributed by atoms with Gasteiger partial charge in [-0.1, -0.05) is 86.7 Å². The van der Waals surface area contributed by atoms with E-state index in [9.17, 15) is 4.79 Å². The molecule has 0 radical (unpaired) electrons. The summed E-state index contributed by atoms with van der Waals surface area (Å²) in [7, 11) is 3.40. The Bertz CT molecular complexity index is 1070. The first-order valence-corrected chi connectivity index (χ1v) is 15.1.